The van der Waals surface area contributed by atoms with Gasteiger partial charge >= 0.3 is 0 Å². The van der Waals surface area contributed by atoms with Crippen LogP contribution < -0.4 is 10.3 Å². The number of hydrogen-bond acceptors (Lipinski definition) is 4. The predicted octanol–water partition coefficient (Wildman–Crippen LogP) is 7.23. The van der Waals surface area contributed by atoms with Crippen molar-refractivity contribution in [2.75, 3.05) is 0 Å². The minimum atomic E-state index is -0.731. The van der Waals surface area contributed by atoms with Crippen LogP contribution in [0.15, 0.2) is 90.1 Å². The molecule has 2 aromatic heterocycles. The quantitative estimate of drug-likeness (QED) is 0.224. The third-order valence-electron chi connectivity index (χ3n) is 7.01. The van der Waals surface area contributed by atoms with Gasteiger partial charge in [0.2, 0.25) is 0 Å². The SMILES string of the molecule is Cc1ccc([C@@](NSC(C)(C)C)(c2ccc3c(c2)c(-c2cccc(Cl)c2)cc(=O)n3C)c2cncn2C)cc1. The van der Waals surface area contributed by atoms with E-state index in [9.17, 15) is 4.79 Å². The molecule has 2 heterocycles. The molecule has 200 valence electrons. The van der Waals surface area contributed by atoms with Crippen LogP contribution in [0.2, 0.25) is 5.02 Å². The lowest BCUT2D eigenvalue weighted by Gasteiger charge is -2.38. The van der Waals surface area contributed by atoms with Gasteiger partial charge in [-0.25, -0.2) is 9.71 Å². The van der Waals surface area contributed by atoms with Crippen molar-refractivity contribution in [3.63, 3.8) is 0 Å². The normalized spacial score (nSPS) is 13.5. The molecule has 0 amide bonds. The number of pyridine rings is 1. The Labute approximate surface area is 239 Å². The molecule has 0 spiro atoms. The Bertz CT molecular complexity index is 1720. The van der Waals surface area contributed by atoms with Gasteiger partial charge in [0, 0.05) is 35.3 Å². The second-order valence-electron chi connectivity index (χ2n) is 11.0. The Morgan fingerprint density at radius 2 is 1.64 bits per heavy atom. The molecule has 5 aromatic rings. The van der Waals surface area contributed by atoms with Crippen molar-refractivity contribution in [2.24, 2.45) is 14.1 Å². The fraction of sp³-hybridized carbons (Fsp3) is 0.250. The second-order valence-corrected chi connectivity index (χ2v) is 13.1. The molecule has 0 aliphatic rings. The average Bonchev–Trinajstić information content (AvgIpc) is 3.33. The lowest BCUT2D eigenvalue weighted by atomic mass is 9.80. The first-order chi connectivity index (χ1) is 18.5. The summed E-state index contributed by atoms with van der Waals surface area (Å²) in [4.78, 5) is 17.5. The largest absolute Gasteiger partial charge is 0.335 e. The zero-order valence-electron chi connectivity index (χ0n) is 23.1. The maximum absolute atomic E-state index is 13.0. The van der Waals surface area contributed by atoms with Gasteiger partial charge in [-0.05, 0) is 74.2 Å². The third kappa shape index (κ3) is 5.17. The van der Waals surface area contributed by atoms with Gasteiger partial charge in [-0.15, -0.1) is 0 Å². The highest BCUT2D eigenvalue weighted by Crippen LogP contribution is 2.42. The zero-order chi connectivity index (χ0) is 27.9. The molecular weight excluding hydrogens is 524 g/mol. The number of hydrogen-bond donors (Lipinski definition) is 1. The molecule has 39 heavy (non-hydrogen) atoms. The van der Waals surface area contributed by atoms with Crippen LogP contribution in [0.1, 0.15) is 43.2 Å². The fourth-order valence-electron chi connectivity index (χ4n) is 4.97. The van der Waals surface area contributed by atoms with Crippen molar-refractivity contribution < 1.29 is 0 Å². The van der Waals surface area contributed by atoms with E-state index in [2.05, 4.69) is 78.4 Å². The van der Waals surface area contributed by atoms with Gasteiger partial charge in [0.1, 0.15) is 5.54 Å². The second kappa shape index (κ2) is 10.3. The summed E-state index contributed by atoms with van der Waals surface area (Å²) in [6.45, 7) is 8.68. The van der Waals surface area contributed by atoms with Gasteiger partial charge in [0.05, 0.1) is 23.7 Å². The summed E-state index contributed by atoms with van der Waals surface area (Å²) in [5, 5.41) is 1.60. The van der Waals surface area contributed by atoms with Gasteiger partial charge in [-0.1, -0.05) is 71.6 Å². The molecule has 3 aromatic carbocycles. The van der Waals surface area contributed by atoms with Crippen molar-refractivity contribution in [1.29, 1.82) is 0 Å². The van der Waals surface area contributed by atoms with E-state index in [0.717, 1.165) is 38.9 Å². The maximum Gasteiger partial charge on any atom is 0.251 e. The van der Waals surface area contributed by atoms with Crippen molar-refractivity contribution in [3.8, 4) is 11.1 Å². The molecule has 1 atom stereocenters. The molecule has 7 heteroatoms. The topological polar surface area (TPSA) is 51.9 Å². The first kappa shape index (κ1) is 27.3. The monoisotopic (exact) mass is 556 g/mol. The molecule has 0 bridgehead atoms. The highest BCUT2D eigenvalue weighted by atomic mass is 35.5. The molecule has 0 saturated heterocycles. The Morgan fingerprint density at radius 1 is 0.923 bits per heavy atom. The Kier molecular flexibility index (Phi) is 7.23. The van der Waals surface area contributed by atoms with Gasteiger partial charge in [-0.3, -0.25) is 4.79 Å². The molecule has 0 fully saturated rings. The molecule has 0 aliphatic carbocycles. The first-order valence-corrected chi connectivity index (χ1v) is 14.1. The van der Waals surface area contributed by atoms with E-state index in [4.69, 9.17) is 11.6 Å². The number of rotatable bonds is 6. The Morgan fingerprint density at radius 3 is 2.28 bits per heavy atom. The zero-order valence-corrected chi connectivity index (χ0v) is 24.7. The van der Waals surface area contributed by atoms with Crippen LogP contribution in [0.4, 0.5) is 0 Å². The number of nitrogens with zero attached hydrogens (tertiary/aromatic N) is 3. The maximum atomic E-state index is 13.0. The summed E-state index contributed by atoms with van der Waals surface area (Å²) >= 11 is 8.07. The number of aromatic nitrogens is 3. The van der Waals surface area contributed by atoms with E-state index in [1.165, 1.54) is 5.56 Å². The number of halogens is 1. The van der Waals surface area contributed by atoms with E-state index >= 15 is 0 Å². The van der Waals surface area contributed by atoms with E-state index in [-0.39, 0.29) is 10.3 Å². The van der Waals surface area contributed by atoms with Crippen LogP contribution in [0.25, 0.3) is 22.0 Å². The number of benzene rings is 3. The Balaban J connectivity index is 1.87. The summed E-state index contributed by atoms with van der Waals surface area (Å²) in [6.07, 6.45) is 3.77. The summed E-state index contributed by atoms with van der Waals surface area (Å²) in [7, 11) is 3.84. The number of nitrogens with one attached hydrogen (secondary N) is 1. The van der Waals surface area contributed by atoms with Crippen LogP contribution in [0, 0.1) is 6.92 Å². The van der Waals surface area contributed by atoms with E-state index in [1.54, 1.807) is 22.6 Å². The van der Waals surface area contributed by atoms with Gasteiger partial charge in [-0.2, -0.15) is 0 Å². The molecular formula is C32H33ClN4OS. The first-order valence-electron chi connectivity index (χ1n) is 12.9. The van der Waals surface area contributed by atoms with Crippen LogP contribution in [-0.2, 0) is 19.6 Å². The van der Waals surface area contributed by atoms with Crippen molar-refractivity contribution in [3.05, 3.63) is 123 Å². The molecule has 0 aliphatic heterocycles. The van der Waals surface area contributed by atoms with Gasteiger partial charge in [0.25, 0.3) is 5.56 Å². The molecule has 1 N–H and O–H groups in total. The Hall–Kier alpha value is -3.32. The van der Waals surface area contributed by atoms with Crippen LogP contribution in [-0.4, -0.2) is 18.9 Å². The third-order valence-corrected chi connectivity index (χ3v) is 8.27. The van der Waals surface area contributed by atoms with Crippen molar-refractivity contribution in [2.45, 2.75) is 38.0 Å². The van der Waals surface area contributed by atoms with Crippen molar-refractivity contribution in [1.82, 2.24) is 18.8 Å². The minimum Gasteiger partial charge on any atom is -0.335 e. The summed E-state index contributed by atoms with van der Waals surface area (Å²) in [5.41, 5.74) is 6.16. The highest BCUT2D eigenvalue weighted by molar-refractivity contribution is 7.98. The fourth-order valence-corrected chi connectivity index (χ4v) is 5.96. The molecule has 5 nitrogen and oxygen atoms in total. The summed E-state index contributed by atoms with van der Waals surface area (Å²) < 4.78 is 7.60. The highest BCUT2D eigenvalue weighted by Gasteiger charge is 2.40. The summed E-state index contributed by atoms with van der Waals surface area (Å²) in [5.74, 6) is 0. The minimum absolute atomic E-state index is 0.0543. The molecule has 0 unspecified atom stereocenters. The molecule has 5 rings (SSSR count). The molecule has 0 saturated carbocycles. The number of aryl methyl sites for hydroxylation is 3. The van der Waals surface area contributed by atoms with E-state index < -0.39 is 5.54 Å². The lowest BCUT2D eigenvalue weighted by Crippen LogP contribution is -2.44. The lowest BCUT2D eigenvalue weighted by molar-refractivity contribution is 0.551. The standard InChI is InChI=1S/C32H33ClN4OS/c1-21-10-12-23(13-11-21)32(35-39-31(2,3)4,29-19-34-20-36(29)5)24-14-15-28-27(17-24)26(18-30(38)37(28)6)22-8-7-9-25(33)16-22/h7-20,35H,1-6H3/t32-/m1/s1. The molecule has 0 radical (unpaired) electrons. The van der Waals surface area contributed by atoms with Gasteiger partial charge < -0.3 is 9.13 Å². The van der Waals surface area contributed by atoms with Crippen LogP contribution >= 0.6 is 23.5 Å². The smallest absolute Gasteiger partial charge is 0.251 e. The van der Waals surface area contributed by atoms with E-state index in [0.29, 0.717) is 5.02 Å². The average molecular weight is 557 g/mol. The van der Waals surface area contributed by atoms with Crippen molar-refractivity contribution >= 4 is 34.5 Å². The summed E-state index contributed by atoms with van der Waals surface area (Å²) in [6, 6.07) is 24.4. The van der Waals surface area contributed by atoms with E-state index in [1.807, 2.05) is 57.0 Å². The number of fused-ring (bicyclic) bond motifs is 1. The van der Waals surface area contributed by atoms with Crippen LogP contribution in [0.3, 0.4) is 0 Å². The van der Waals surface area contributed by atoms with Crippen LogP contribution in [0.5, 0.6) is 0 Å². The van der Waals surface area contributed by atoms with Gasteiger partial charge in [0.15, 0.2) is 0 Å². The number of imidazole rings is 1. The predicted molar refractivity (Wildman–Crippen MR) is 164 cm³/mol.